The maximum atomic E-state index is 4.44. The average Bonchev–Trinajstić information content (AvgIpc) is 2.41. The number of hydrogen-bond acceptors (Lipinski definition) is 2. The summed E-state index contributed by atoms with van der Waals surface area (Å²) in [4.78, 5) is 4.44. The lowest BCUT2D eigenvalue weighted by molar-refractivity contribution is 1.36. The van der Waals surface area contributed by atoms with Gasteiger partial charge in [0.2, 0.25) is 0 Å². The van der Waals surface area contributed by atoms with Crippen LogP contribution < -0.4 is 5.32 Å². The predicted octanol–water partition coefficient (Wildman–Crippen LogP) is 4.29. The number of fused-ring (bicyclic) bond motifs is 1. The monoisotopic (exact) mass is 234 g/mol. The summed E-state index contributed by atoms with van der Waals surface area (Å²) < 4.78 is 0. The highest BCUT2D eigenvalue weighted by Gasteiger charge is 2.03. The van der Waals surface area contributed by atoms with E-state index in [4.69, 9.17) is 0 Å². The molecule has 3 aromatic rings. The molecule has 0 spiro atoms. The van der Waals surface area contributed by atoms with Crippen molar-refractivity contribution in [2.24, 2.45) is 0 Å². The van der Waals surface area contributed by atoms with Crippen LogP contribution in [-0.4, -0.2) is 4.98 Å². The molecule has 0 atom stereocenters. The topological polar surface area (TPSA) is 24.9 Å². The number of aryl methyl sites for hydroxylation is 1. The van der Waals surface area contributed by atoms with E-state index in [2.05, 4.69) is 47.6 Å². The first-order valence-electron chi connectivity index (χ1n) is 6.01. The van der Waals surface area contributed by atoms with Gasteiger partial charge in [0.25, 0.3) is 0 Å². The minimum Gasteiger partial charge on any atom is -0.355 e. The SMILES string of the molecule is Cc1cccc2c(Nc3ccccc3)ccnc12. The van der Waals surface area contributed by atoms with Gasteiger partial charge in [0.1, 0.15) is 0 Å². The first-order valence-corrected chi connectivity index (χ1v) is 6.01. The van der Waals surface area contributed by atoms with E-state index >= 15 is 0 Å². The summed E-state index contributed by atoms with van der Waals surface area (Å²) in [5.41, 5.74) is 4.43. The molecule has 1 heterocycles. The van der Waals surface area contributed by atoms with Crippen LogP contribution >= 0.6 is 0 Å². The number of benzene rings is 2. The van der Waals surface area contributed by atoms with Crippen molar-refractivity contribution >= 4 is 22.3 Å². The van der Waals surface area contributed by atoms with E-state index in [1.807, 2.05) is 30.5 Å². The summed E-state index contributed by atoms with van der Waals surface area (Å²) in [7, 11) is 0. The van der Waals surface area contributed by atoms with E-state index in [-0.39, 0.29) is 0 Å². The largest absolute Gasteiger partial charge is 0.355 e. The zero-order valence-corrected chi connectivity index (χ0v) is 10.2. The quantitative estimate of drug-likeness (QED) is 0.715. The van der Waals surface area contributed by atoms with Crippen molar-refractivity contribution in [3.05, 3.63) is 66.4 Å². The van der Waals surface area contributed by atoms with Gasteiger partial charge in [-0.3, -0.25) is 4.98 Å². The smallest absolute Gasteiger partial charge is 0.0751 e. The van der Waals surface area contributed by atoms with E-state index in [0.29, 0.717) is 0 Å². The van der Waals surface area contributed by atoms with Crippen LogP contribution in [0.3, 0.4) is 0 Å². The lowest BCUT2D eigenvalue weighted by atomic mass is 10.1. The average molecular weight is 234 g/mol. The van der Waals surface area contributed by atoms with Crippen molar-refractivity contribution in [3.63, 3.8) is 0 Å². The summed E-state index contributed by atoms with van der Waals surface area (Å²) in [6.07, 6.45) is 1.85. The van der Waals surface area contributed by atoms with Crippen molar-refractivity contribution in [2.75, 3.05) is 5.32 Å². The molecule has 0 radical (unpaired) electrons. The normalized spacial score (nSPS) is 10.5. The number of nitrogens with one attached hydrogen (secondary N) is 1. The minimum absolute atomic E-state index is 1.05. The molecule has 0 aliphatic rings. The van der Waals surface area contributed by atoms with Gasteiger partial charge in [0.05, 0.1) is 5.52 Å². The molecule has 18 heavy (non-hydrogen) atoms. The highest BCUT2D eigenvalue weighted by Crippen LogP contribution is 2.26. The first-order chi connectivity index (χ1) is 8.84. The molecule has 0 saturated heterocycles. The third-order valence-electron chi connectivity index (χ3n) is 3.03. The number of anilines is 2. The number of aromatic nitrogens is 1. The summed E-state index contributed by atoms with van der Waals surface area (Å²) in [5.74, 6) is 0. The highest BCUT2D eigenvalue weighted by molar-refractivity contribution is 5.94. The lowest BCUT2D eigenvalue weighted by Gasteiger charge is -2.10. The summed E-state index contributed by atoms with van der Waals surface area (Å²) in [6, 6.07) is 18.4. The van der Waals surface area contributed by atoms with Gasteiger partial charge in [-0.15, -0.1) is 0 Å². The Kier molecular flexibility index (Phi) is 2.69. The maximum absolute atomic E-state index is 4.44. The fraction of sp³-hybridized carbons (Fsp3) is 0.0625. The van der Waals surface area contributed by atoms with E-state index < -0.39 is 0 Å². The van der Waals surface area contributed by atoms with Crippen LogP contribution in [0.5, 0.6) is 0 Å². The third kappa shape index (κ3) is 1.93. The molecule has 0 fully saturated rings. The van der Waals surface area contributed by atoms with Crippen molar-refractivity contribution < 1.29 is 0 Å². The number of hydrogen-bond donors (Lipinski definition) is 1. The molecule has 1 N–H and O–H groups in total. The Balaban J connectivity index is 2.10. The maximum Gasteiger partial charge on any atom is 0.0751 e. The number of para-hydroxylation sites is 2. The van der Waals surface area contributed by atoms with E-state index in [9.17, 15) is 0 Å². The molecule has 2 heteroatoms. The lowest BCUT2D eigenvalue weighted by Crippen LogP contribution is -1.93. The van der Waals surface area contributed by atoms with Crippen molar-refractivity contribution in [1.29, 1.82) is 0 Å². The van der Waals surface area contributed by atoms with Gasteiger partial charge in [-0.05, 0) is 30.7 Å². The second kappa shape index (κ2) is 4.49. The molecule has 0 bridgehead atoms. The van der Waals surface area contributed by atoms with E-state index in [1.54, 1.807) is 0 Å². The third-order valence-corrected chi connectivity index (χ3v) is 3.03. The van der Waals surface area contributed by atoms with Gasteiger partial charge in [-0.2, -0.15) is 0 Å². The van der Waals surface area contributed by atoms with Gasteiger partial charge < -0.3 is 5.32 Å². The summed E-state index contributed by atoms with van der Waals surface area (Å²) >= 11 is 0. The highest BCUT2D eigenvalue weighted by atomic mass is 14.9. The molecule has 3 rings (SSSR count). The Morgan fingerprint density at radius 1 is 0.889 bits per heavy atom. The molecule has 0 amide bonds. The van der Waals surface area contributed by atoms with Gasteiger partial charge in [0, 0.05) is 23.0 Å². The second-order valence-corrected chi connectivity index (χ2v) is 4.32. The molecule has 0 saturated carbocycles. The molecular formula is C16H14N2. The second-order valence-electron chi connectivity index (χ2n) is 4.32. The fourth-order valence-corrected chi connectivity index (χ4v) is 2.11. The molecule has 0 unspecified atom stereocenters. The zero-order valence-electron chi connectivity index (χ0n) is 10.2. The predicted molar refractivity (Wildman–Crippen MR) is 76.2 cm³/mol. The van der Waals surface area contributed by atoms with Crippen LogP contribution in [-0.2, 0) is 0 Å². The molecule has 2 nitrogen and oxygen atoms in total. The molecule has 0 aliphatic heterocycles. The number of pyridine rings is 1. The van der Waals surface area contributed by atoms with E-state index in [0.717, 1.165) is 22.3 Å². The van der Waals surface area contributed by atoms with Crippen LogP contribution in [0.2, 0.25) is 0 Å². The minimum atomic E-state index is 1.05. The molecule has 2 aromatic carbocycles. The van der Waals surface area contributed by atoms with Gasteiger partial charge in [-0.1, -0.05) is 36.4 Å². The first kappa shape index (κ1) is 10.8. The van der Waals surface area contributed by atoms with Crippen molar-refractivity contribution in [1.82, 2.24) is 4.98 Å². The van der Waals surface area contributed by atoms with Gasteiger partial charge in [-0.25, -0.2) is 0 Å². The molecule has 0 aliphatic carbocycles. The van der Waals surface area contributed by atoms with Crippen LogP contribution in [0.25, 0.3) is 10.9 Å². The van der Waals surface area contributed by atoms with Crippen LogP contribution in [0.4, 0.5) is 11.4 Å². The molecule has 88 valence electrons. The Morgan fingerprint density at radius 3 is 2.56 bits per heavy atom. The van der Waals surface area contributed by atoms with Gasteiger partial charge in [0.15, 0.2) is 0 Å². The molecule has 1 aromatic heterocycles. The number of rotatable bonds is 2. The Labute approximate surface area is 106 Å². The van der Waals surface area contributed by atoms with Gasteiger partial charge >= 0.3 is 0 Å². The number of nitrogens with zero attached hydrogens (tertiary/aromatic N) is 1. The Hall–Kier alpha value is -2.35. The van der Waals surface area contributed by atoms with Crippen molar-refractivity contribution in [3.8, 4) is 0 Å². The van der Waals surface area contributed by atoms with Crippen molar-refractivity contribution in [2.45, 2.75) is 6.92 Å². The molecular weight excluding hydrogens is 220 g/mol. The van der Waals surface area contributed by atoms with Crippen LogP contribution in [0.1, 0.15) is 5.56 Å². The fourth-order valence-electron chi connectivity index (χ4n) is 2.11. The van der Waals surface area contributed by atoms with Crippen LogP contribution in [0.15, 0.2) is 60.8 Å². The Bertz CT molecular complexity index is 675. The zero-order chi connectivity index (χ0) is 12.4. The Morgan fingerprint density at radius 2 is 1.72 bits per heavy atom. The van der Waals surface area contributed by atoms with E-state index in [1.165, 1.54) is 5.56 Å². The standard InChI is InChI=1S/C16H14N2/c1-12-6-5-9-14-15(10-11-17-16(12)14)18-13-7-3-2-4-8-13/h2-11H,1H3,(H,17,18). The summed E-state index contributed by atoms with van der Waals surface area (Å²) in [5, 5.41) is 4.59. The summed E-state index contributed by atoms with van der Waals surface area (Å²) in [6.45, 7) is 2.08. The van der Waals surface area contributed by atoms with Crippen LogP contribution in [0, 0.1) is 6.92 Å².